The lowest BCUT2D eigenvalue weighted by Crippen LogP contribution is -2.42. The molecule has 1 fully saturated rings. The van der Waals surface area contributed by atoms with Crippen LogP contribution in [0, 0.1) is 5.92 Å². The number of primary amides is 1. The number of carbonyl (C=O) groups is 2. The van der Waals surface area contributed by atoms with Gasteiger partial charge in [-0.2, -0.15) is 4.98 Å². The van der Waals surface area contributed by atoms with Crippen molar-refractivity contribution >= 4 is 28.9 Å². The first kappa shape index (κ1) is 14.4. The molecule has 3 N–H and O–H groups in total. The molecule has 3 rings (SSSR count). The second-order valence-corrected chi connectivity index (χ2v) is 5.47. The van der Waals surface area contributed by atoms with Gasteiger partial charge in [0.1, 0.15) is 5.52 Å². The third kappa shape index (κ3) is 3.03. The Kier molecular flexibility index (Phi) is 3.95. The van der Waals surface area contributed by atoms with Crippen LogP contribution in [-0.2, 0) is 9.59 Å². The maximum atomic E-state index is 11.1. The number of hydrogen-bond donors (Lipinski definition) is 2. The lowest BCUT2D eigenvalue weighted by Gasteiger charge is -2.30. The Hall–Kier alpha value is -2.57. The second kappa shape index (κ2) is 6.05. The van der Waals surface area contributed by atoms with E-state index in [-0.39, 0.29) is 0 Å². The molecule has 22 heavy (non-hydrogen) atoms. The fourth-order valence-electron chi connectivity index (χ4n) is 2.65. The van der Waals surface area contributed by atoms with Crippen molar-refractivity contribution in [2.45, 2.75) is 12.8 Å². The molecule has 0 spiro atoms. The third-order valence-electron chi connectivity index (χ3n) is 3.94. The van der Waals surface area contributed by atoms with Crippen LogP contribution >= 0.6 is 0 Å². The van der Waals surface area contributed by atoms with Gasteiger partial charge in [0.15, 0.2) is 5.58 Å². The minimum atomic E-state index is -0.941. The normalized spacial score (nSPS) is 15.9. The lowest BCUT2D eigenvalue weighted by molar-refractivity contribution is -0.137. The summed E-state index contributed by atoms with van der Waals surface area (Å²) in [6.45, 7) is 2.09. The zero-order chi connectivity index (χ0) is 15.5. The molecule has 0 unspecified atom stereocenters. The zero-order valence-electron chi connectivity index (χ0n) is 12.1. The lowest BCUT2D eigenvalue weighted by atomic mass is 9.97. The van der Waals surface area contributed by atoms with Crippen molar-refractivity contribution in [1.82, 2.24) is 10.3 Å². The molecule has 0 saturated carbocycles. The van der Waals surface area contributed by atoms with E-state index in [9.17, 15) is 9.59 Å². The van der Waals surface area contributed by atoms with Gasteiger partial charge in [0.2, 0.25) is 0 Å². The quantitative estimate of drug-likeness (QED) is 0.810. The van der Waals surface area contributed by atoms with Gasteiger partial charge in [0, 0.05) is 19.6 Å². The highest BCUT2D eigenvalue weighted by Gasteiger charge is 2.23. The van der Waals surface area contributed by atoms with Crippen LogP contribution in [0.15, 0.2) is 28.7 Å². The molecule has 1 aromatic carbocycles. The monoisotopic (exact) mass is 302 g/mol. The van der Waals surface area contributed by atoms with Gasteiger partial charge in [-0.05, 0) is 30.9 Å². The molecule has 2 amide bonds. The van der Waals surface area contributed by atoms with Crippen LogP contribution in [0.25, 0.3) is 11.1 Å². The molecule has 0 atom stereocenters. The summed E-state index contributed by atoms with van der Waals surface area (Å²) in [5, 5.41) is 2.56. The Morgan fingerprint density at radius 1 is 1.32 bits per heavy atom. The summed E-state index contributed by atoms with van der Waals surface area (Å²) in [5.74, 6) is -1.32. The Morgan fingerprint density at radius 2 is 2.05 bits per heavy atom. The Morgan fingerprint density at radius 3 is 2.73 bits per heavy atom. The van der Waals surface area contributed by atoms with E-state index in [0.29, 0.717) is 18.5 Å². The summed E-state index contributed by atoms with van der Waals surface area (Å²) < 4.78 is 5.76. The highest BCUT2D eigenvalue weighted by Crippen LogP contribution is 2.25. The molecule has 1 saturated heterocycles. The summed E-state index contributed by atoms with van der Waals surface area (Å²) in [7, 11) is 0. The minimum absolute atomic E-state index is 0.337. The molecule has 0 radical (unpaired) electrons. The molecule has 0 bridgehead atoms. The number of carbonyl (C=O) groups excluding carboxylic acids is 2. The molecule has 0 aliphatic carbocycles. The van der Waals surface area contributed by atoms with Gasteiger partial charge in [0.25, 0.3) is 6.01 Å². The van der Waals surface area contributed by atoms with E-state index in [4.69, 9.17) is 10.2 Å². The minimum Gasteiger partial charge on any atom is -0.423 e. The standard InChI is InChI=1S/C15H18N4O3/c16-13(20)14(21)17-9-10-5-7-19(8-6-10)15-18-11-3-1-2-4-12(11)22-15/h1-4,10H,5-9H2,(H2,16,20)(H,17,21). The molecule has 1 aliphatic rings. The summed E-state index contributed by atoms with van der Waals surface area (Å²) in [4.78, 5) is 28.4. The summed E-state index contributed by atoms with van der Waals surface area (Å²) in [6.07, 6.45) is 1.80. The van der Waals surface area contributed by atoms with E-state index in [0.717, 1.165) is 37.0 Å². The smallest absolute Gasteiger partial charge is 0.309 e. The van der Waals surface area contributed by atoms with Gasteiger partial charge in [-0.25, -0.2) is 0 Å². The zero-order valence-corrected chi connectivity index (χ0v) is 12.1. The average molecular weight is 302 g/mol. The number of amides is 2. The number of para-hydroxylation sites is 2. The van der Waals surface area contributed by atoms with Crippen molar-refractivity contribution < 1.29 is 14.0 Å². The van der Waals surface area contributed by atoms with Crippen LogP contribution in [0.3, 0.4) is 0 Å². The summed E-state index contributed by atoms with van der Waals surface area (Å²) >= 11 is 0. The van der Waals surface area contributed by atoms with E-state index in [1.807, 2.05) is 24.3 Å². The fraction of sp³-hybridized carbons (Fsp3) is 0.400. The summed E-state index contributed by atoms with van der Waals surface area (Å²) in [5.41, 5.74) is 6.55. The van der Waals surface area contributed by atoms with E-state index in [1.54, 1.807) is 0 Å². The van der Waals surface area contributed by atoms with Crippen molar-refractivity contribution in [1.29, 1.82) is 0 Å². The molecular weight excluding hydrogens is 284 g/mol. The van der Waals surface area contributed by atoms with Gasteiger partial charge in [-0.15, -0.1) is 0 Å². The summed E-state index contributed by atoms with van der Waals surface area (Å²) in [6, 6.07) is 8.32. The van der Waals surface area contributed by atoms with Crippen LogP contribution in [0.4, 0.5) is 6.01 Å². The van der Waals surface area contributed by atoms with Gasteiger partial charge < -0.3 is 20.4 Å². The second-order valence-electron chi connectivity index (χ2n) is 5.47. The first-order valence-corrected chi connectivity index (χ1v) is 7.31. The van der Waals surface area contributed by atoms with Gasteiger partial charge in [0.05, 0.1) is 0 Å². The van der Waals surface area contributed by atoms with Crippen molar-refractivity contribution in [3.05, 3.63) is 24.3 Å². The molecule has 1 aromatic heterocycles. The maximum absolute atomic E-state index is 11.1. The topological polar surface area (TPSA) is 101 Å². The van der Waals surface area contributed by atoms with Crippen LogP contribution in [0.1, 0.15) is 12.8 Å². The number of hydrogen-bond acceptors (Lipinski definition) is 5. The predicted octanol–water partition coefficient (Wildman–Crippen LogP) is 0.646. The molecule has 7 heteroatoms. The highest BCUT2D eigenvalue weighted by atomic mass is 16.4. The Bertz CT molecular complexity index is 656. The average Bonchev–Trinajstić information content (AvgIpc) is 2.97. The third-order valence-corrected chi connectivity index (χ3v) is 3.94. The number of rotatable bonds is 3. The van der Waals surface area contributed by atoms with Crippen molar-refractivity contribution in [3.8, 4) is 0 Å². The number of anilines is 1. The van der Waals surface area contributed by atoms with Crippen molar-refractivity contribution in [3.63, 3.8) is 0 Å². The largest absolute Gasteiger partial charge is 0.423 e. The predicted molar refractivity (Wildman–Crippen MR) is 81.2 cm³/mol. The first-order valence-electron chi connectivity index (χ1n) is 7.31. The molecule has 116 valence electrons. The molecule has 7 nitrogen and oxygen atoms in total. The number of benzene rings is 1. The molecule has 2 heterocycles. The number of nitrogens with zero attached hydrogens (tertiary/aromatic N) is 2. The van der Waals surface area contributed by atoms with Crippen LogP contribution in [0.5, 0.6) is 0 Å². The molecule has 1 aliphatic heterocycles. The SMILES string of the molecule is NC(=O)C(=O)NCC1CCN(c2nc3ccccc3o2)CC1. The van der Waals surface area contributed by atoms with Gasteiger partial charge >= 0.3 is 11.8 Å². The fourth-order valence-corrected chi connectivity index (χ4v) is 2.65. The Labute approximate surface area is 127 Å². The molecular formula is C15H18N4O3. The first-order chi connectivity index (χ1) is 10.6. The van der Waals surface area contributed by atoms with Crippen molar-refractivity contribution in [2.75, 3.05) is 24.5 Å². The van der Waals surface area contributed by atoms with E-state index >= 15 is 0 Å². The number of oxazole rings is 1. The number of piperidine rings is 1. The Balaban J connectivity index is 1.55. The number of fused-ring (bicyclic) bond motifs is 1. The highest BCUT2D eigenvalue weighted by molar-refractivity contribution is 6.34. The maximum Gasteiger partial charge on any atom is 0.309 e. The van der Waals surface area contributed by atoms with E-state index in [1.165, 1.54) is 0 Å². The van der Waals surface area contributed by atoms with E-state index in [2.05, 4.69) is 15.2 Å². The van der Waals surface area contributed by atoms with Gasteiger partial charge in [-0.1, -0.05) is 12.1 Å². The van der Waals surface area contributed by atoms with Gasteiger partial charge in [-0.3, -0.25) is 9.59 Å². The number of aromatic nitrogens is 1. The van der Waals surface area contributed by atoms with E-state index < -0.39 is 11.8 Å². The number of nitrogens with one attached hydrogen (secondary N) is 1. The van der Waals surface area contributed by atoms with Crippen LogP contribution in [0.2, 0.25) is 0 Å². The number of nitrogens with two attached hydrogens (primary N) is 1. The van der Waals surface area contributed by atoms with Crippen LogP contribution in [-0.4, -0.2) is 36.4 Å². The van der Waals surface area contributed by atoms with Crippen LogP contribution < -0.4 is 16.0 Å². The van der Waals surface area contributed by atoms with Crippen molar-refractivity contribution in [2.24, 2.45) is 11.7 Å². The molecule has 2 aromatic rings.